The van der Waals surface area contributed by atoms with Crippen LogP contribution >= 0.6 is 0 Å². The Bertz CT molecular complexity index is 876. The minimum absolute atomic E-state index is 0.0404. The second kappa shape index (κ2) is 13.0. The van der Waals surface area contributed by atoms with E-state index >= 15 is 0 Å². The molecule has 198 valence electrons. The van der Waals surface area contributed by atoms with Crippen LogP contribution in [0, 0.1) is 16.0 Å². The molecular weight excluding hydrogens is 465 g/mol. The number of hydrogen-bond acceptors (Lipinski definition) is 8. The van der Waals surface area contributed by atoms with E-state index in [9.17, 15) is 28.9 Å². The molecule has 2 atom stereocenters. The summed E-state index contributed by atoms with van der Waals surface area (Å²) in [5.41, 5.74) is -1.66. The highest BCUT2D eigenvalue weighted by atomic mass is 19.1. The lowest BCUT2D eigenvalue weighted by molar-refractivity contribution is -0.396. The number of nitrogens with one attached hydrogen (secondary N) is 2. The third kappa shape index (κ3) is 11.6. The van der Waals surface area contributed by atoms with Gasteiger partial charge in [0.2, 0.25) is 5.91 Å². The Labute approximate surface area is 204 Å². The molecule has 0 bridgehead atoms. The number of imidazole rings is 1. The quantitative estimate of drug-likeness (QED) is 0.252. The van der Waals surface area contributed by atoms with Gasteiger partial charge in [-0.25, -0.2) is 14.2 Å². The molecule has 0 aromatic carbocycles. The first kappa shape index (κ1) is 29.8. The molecule has 0 aliphatic carbocycles. The molecule has 0 spiro atoms. The smallest absolute Gasteiger partial charge is 0.434 e. The molecule has 1 aromatic heterocycles. The number of halogens is 1. The predicted molar refractivity (Wildman–Crippen MR) is 124 cm³/mol. The topological polar surface area (TPSA) is 155 Å². The largest absolute Gasteiger partial charge is 0.458 e. The summed E-state index contributed by atoms with van der Waals surface area (Å²) in [4.78, 5) is 52.0. The first-order valence-electron chi connectivity index (χ1n) is 11.3. The second-order valence-electron chi connectivity index (χ2n) is 9.96. The molecule has 2 amide bonds. The maximum absolute atomic E-state index is 12.9. The van der Waals surface area contributed by atoms with E-state index in [0.29, 0.717) is 0 Å². The highest BCUT2D eigenvalue weighted by Gasteiger charge is 2.33. The summed E-state index contributed by atoms with van der Waals surface area (Å²) in [7, 11) is 0. The molecule has 1 aromatic rings. The average Bonchev–Trinajstić information content (AvgIpc) is 3.16. The van der Waals surface area contributed by atoms with Crippen LogP contribution in [-0.2, 0) is 25.6 Å². The van der Waals surface area contributed by atoms with E-state index in [1.54, 1.807) is 41.5 Å². The normalized spacial score (nSPS) is 13.5. The zero-order valence-electron chi connectivity index (χ0n) is 21.1. The number of amides is 2. The van der Waals surface area contributed by atoms with Crippen LogP contribution in [0.1, 0.15) is 60.8 Å². The van der Waals surface area contributed by atoms with E-state index in [1.807, 2.05) is 0 Å². The number of nitro groups is 1. The number of esters is 1. The van der Waals surface area contributed by atoms with Gasteiger partial charge in [-0.3, -0.25) is 9.18 Å². The monoisotopic (exact) mass is 501 g/mol. The molecule has 0 aliphatic heterocycles. The van der Waals surface area contributed by atoms with Crippen molar-refractivity contribution in [1.82, 2.24) is 20.2 Å². The maximum Gasteiger partial charge on any atom is 0.434 e. The Hall–Kier alpha value is -3.25. The summed E-state index contributed by atoms with van der Waals surface area (Å²) in [6.45, 7) is 9.45. The molecule has 0 aliphatic rings. The van der Waals surface area contributed by atoms with Crippen LogP contribution in [0.3, 0.4) is 0 Å². The van der Waals surface area contributed by atoms with Crippen molar-refractivity contribution >= 4 is 23.9 Å². The van der Waals surface area contributed by atoms with Gasteiger partial charge in [0.25, 0.3) is 0 Å². The third-order valence-electron chi connectivity index (χ3n) is 4.47. The van der Waals surface area contributed by atoms with E-state index in [2.05, 4.69) is 15.6 Å². The van der Waals surface area contributed by atoms with Crippen LogP contribution < -0.4 is 10.6 Å². The van der Waals surface area contributed by atoms with Gasteiger partial charge in [0.1, 0.15) is 29.6 Å². The van der Waals surface area contributed by atoms with Crippen molar-refractivity contribution in [3.05, 3.63) is 22.5 Å². The van der Waals surface area contributed by atoms with Crippen LogP contribution in [0.15, 0.2) is 12.4 Å². The van der Waals surface area contributed by atoms with Crippen molar-refractivity contribution < 1.29 is 33.2 Å². The Morgan fingerprint density at radius 2 is 1.80 bits per heavy atom. The molecule has 1 heterocycles. The average molecular weight is 502 g/mol. The lowest BCUT2D eigenvalue weighted by Gasteiger charge is -2.28. The van der Waals surface area contributed by atoms with Crippen LogP contribution in [0.4, 0.5) is 15.1 Å². The standard InChI is InChI=1S/C22H36FN5O7/c1-21(2,3)34-18(30)16(26-20(31)35-22(4,5)6)14-15(8-7-9-23)17(29)24-10-12-27-13-11-25-19(27)28(32)33/h11,13,15-16H,7-10,12,14H2,1-6H3,(H,24,29)(H,26,31). The third-order valence-corrected chi connectivity index (χ3v) is 4.47. The summed E-state index contributed by atoms with van der Waals surface area (Å²) in [6, 6.07) is -1.21. The Kier molecular flexibility index (Phi) is 11.1. The van der Waals surface area contributed by atoms with Gasteiger partial charge in [-0.1, -0.05) is 4.98 Å². The number of alkyl halides is 1. The van der Waals surface area contributed by atoms with Crippen LogP contribution in [0.2, 0.25) is 0 Å². The van der Waals surface area contributed by atoms with E-state index in [4.69, 9.17) is 9.47 Å². The first-order valence-corrected chi connectivity index (χ1v) is 11.3. The first-order chi connectivity index (χ1) is 16.1. The van der Waals surface area contributed by atoms with Gasteiger partial charge in [-0.15, -0.1) is 0 Å². The van der Waals surface area contributed by atoms with Crippen LogP contribution in [0.25, 0.3) is 0 Å². The molecule has 13 heteroatoms. The highest BCUT2D eigenvalue weighted by Crippen LogP contribution is 2.19. The Morgan fingerprint density at radius 1 is 1.17 bits per heavy atom. The van der Waals surface area contributed by atoms with Gasteiger partial charge in [-0.2, -0.15) is 0 Å². The second-order valence-corrected chi connectivity index (χ2v) is 9.96. The van der Waals surface area contributed by atoms with Crippen LogP contribution in [-0.4, -0.2) is 62.9 Å². The fourth-order valence-corrected chi connectivity index (χ4v) is 3.09. The zero-order chi connectivity index (χ0) is 26.8. The van der Waals surface area contributed by atoms with E-state index < -0.39 is 52.7 Å². The van der Waals surface area contributed by atoms with E-state index in [0.717, 1.165) is 0 Å². The fraction of sp³-hybridized carbons (Fsp3) is 0.727. The number of aromatic nitrogens is 2. The number of nitrogens with zero attached hydrogens (tertiary/aromatic N) is 3. The molecule has 0 radical (unpaired) electrons. The van der Waals surface area contributed by atoms with Gasteiger partial charge in [0, 0.05) is 12.5 Å². The van der Waals surface area contributed by atoms with Gasteiger partial charge >= 0.3 is 18.0 Å². The summed E-state index contributed by atoms with van der Waals surface area (Å²) in [6.07, 6.45) is 1.86. The molecule has 2 unspecified atom stereocenters. The number of hydrogen-bond donors (Lipinski definition) is 2. The van der Waals surface area contributed by atoms with E-state index in [1.165, 1.54) is 17.0 Å². The Morgan fingerprint density at radius 3 is 2.34 bits per heavy atom. The van der Waals surface area contributed by atoms with Crippen molar-refractivity contribution in [1.29, 1.82) is 0 Å². The molecule has 1 rings (SSSR count). The van der Waals surface area contributed by atoms with Gasteiger partial charge in [-0.05, 0) is 65.7 Å². The zero-order valence-corrected chi connectivity index (χ0v) is 21.1. The van der Waals surface area contributed by atoms with Crippen molar-refractivity contribution in [2.75, 3.05) is 13.2 Å². The highest BCUT2D eigenvalue weighted by molar-refractivity contribution is 5.84. The molecular formula is C22H36FN5O7. The minimum atomic E-state index is -1.21. The molecule has 2 N–H and O–H groups in total. The van der Waals surface area contributed by atoms with E-state index in [-0.39, 0.29) is 38.3 Å². The molecule has 12 nitrogen and oxygen atoms in total. The summed E-state index contributed by atoms with van der Waals surface area (Å²) < 4.78 is 24.8. The minimum Gasteiger partial charge on any atom is -0.458 e. The number of rotatable bonds is 12. The van der Waals surface area contributed by atoms with Gasteiger partial charge in [0.05, 0.1) is 13.2 Å². The maximum atomic E-state index is 12.9. The van der Waals surface area contributed by atoms with Crippen molar-refractivity contribution in [2.24, 2.45) is 5.92 Å². The summed E-state index contributed by atoms with van der Waals surface area (Å²) in [5.74, 6) is -2.44. The fourth-order valence-electron chi connectivity index (χ4n) is 3.09. The number of ether oxygens (including phenoxy) is 2. The van der Waals surface area contributed by atoms with Gasteiger partial charge in [0.15, 0.2) is 0 Å². The van der Waals surface area contributed by atoms with Crippen molar-refractivity contribution in [3.63, 3.8) is 0 Å². The number of carbonyl (C=O) groups excluding carboxylic acids is 3. The number of carbonyl (C=O) groups is 3. The van der Waals surface area contributed by atoms with Gasteiger partial charge < -0.3 is 30.2 Å². The lowest BCUT2D eigenvalue weighted by Crippen LogP contribution is -2.48. The molecule has 0 saturated carbocycles. The summed E-state index contributed by atoms with van der Waals surface area (Å²) in [5, 5.41) is 16.1. The SMILES string of the molecule is CC(C)(C)OC(=O)NC(CC(CCCF)C(=O)NCCn1ccnc1[N+](=O)[O-])C(=O)OC(C)(C)C. The van der Waals surface area contributed by atoms with Crippen molar-refractivity contribution in [3.8, 4) is 0 Å². The van der Waals surface area contributed by atoms with Crippen LogP contribution in [0.5, 0.6) is 0 Å². The predicted octanol–water partition coefficient (Wildman–Crippen LogP) is 2.90. The molecule has 35 heavy (non-hydrogen) atoms. The number of alkyl carbamates (subject to hydrolysis) is 1. The lowest BCUT2D eigenvalue weighted by atomic mass is 9.94. The summed E-state index contributed by atoms with van der Waals surface area (Å²) >= 11 is 0. The Balaban J connectivity index is 2.94. The molecule has 0 fully saturated rings. The molecule has 0 saturated heterocycles. The van der Waals surface area contributed by atoms with Crippen molar-refractivity contribution in [2.45, 2.75) is 84.6 Å².